The molecule has 2 heteroatoms. The van der Waals surface area contributed by atoms with Gasteiger partial charge < -0.3 is 4.98 Å². The number of rotatable bonds is 0. The van der Waals surface area contributed by atoms with Crippen LogP contribution in [0.2, 0.25) is 0 Å². The molecule has 1 aliphatic rings. The predicted octanol–water partition coefficient (Wildman–Crippen LogP) is 8.00. The molecule has 2 aromatic heterocycles. The van der Waals surface area contributed by atoms with E-state index in [1.807, 2.05) is 11.3 Å². The van der Waals surface area contributed by atoms with Gasteiger partial charge in [0, 0.05) is 41.9 Å². The number of nitrogens with one attached hydrogen (secondary N) is 1. The summed E-state index contributed by atoms with van der Waals surface area (Å²) in [5.41, 5.74) is 8.18. The molecule has 0 saturated carbocycles. The molecule has 0 spiro atoms. The number of aromatic nitrogens is 1. The van der Waals surface area contributed by atoms with Crippen LogP contribution >= 0.6 is 11.3 Å². The Balaban J connectivity index is 1.66. The van der Waals surface area contributed by atoms with Crippen molar-refractivity contribution in [2.75, 3.05) is 0 Å². The normalized spacial score (nSPS) is 14.8. The summed E-state index contributed by atoms with van der Waals surface area (Å²) >= 11 is 1.91. The van der Waals surface area contributed by atoms with Gasteiger partial charge in [-0.15, -0.1) is 11.3 Å². The average molecular weight is 390 g/mol. The molecule has 4 aromatic carbocycles. The third-order valence-electron chi connectivity index (χ3n) is 6.82. The minimum absolute atomic E-state index is 0.0305. The van der Waals surface area contributed by atoms with Crippen molar-refractivity contribution in [1.82, 2.24) is 4.98 Å². The Kier molecular flexibility index (Phi) is 2.77. The summed E-state index contributed by atoms with van der Waals surface area (Å²) in [6.07, 6.45) is 0. The first kappa shape index (κ1) is 15.8. The third kappa shape index (κ3) is 1.86. The van der Waals surface area contributed by atoms with Gasteiger partial charge in [-0.25, -0.2) is 0 Å². The van der Waals surface area contributed by atoms with E-state index in [0.29, 0.717) is 0 Å². The van der Waals surface area contributed by atoms with Gasteiger partial charge in [0.25, 0.3) is 0 Å². The van der Waals surface area contributed by atoms with Gasteiger partial charge in [-0.2, -0.15) is 0 Å². The van der Waals surface area contributed by atoms with Crippen LogP contribution in [0.5, 0.6) is 0 Å². The number of hydrogen-bond acceptors (Lipinski definition) is 1. The Hall–Kier alpha value is -3.10. The SMILES string of the molecule is CC1(C)c2ccccc2-c2cc3sc4ccc5c6ccccc6[nH]c5c4c3cc21. The fraction of sp³-hybridized carbons (Fsp3) is 0.111. The maximum Gasteiger partial charge on any atom is 0.0559 e. The van der Waals surface area contributed by atoms with E-state index in [9.17, 15) is 0 Å². The Morgan fingerprint density at radius 1 is 0.690 bits per heavy atom. The number of H-pyrrole nitrogens is 1. The van der Waals surface area contributed by atoms with E-state index < -0.39 is 0 Å². The Morgan fingerprint density at radius 2 is 1.52 bits per heavy atom. The summed E-state index contributed by atoms with van der Waals surface area (Å²) < 4.78 is 2.73. The number of thiophene rings is 1. The molecule has 1 aliphatic carbocycles. The number of fused-ring (bicyclic) bond motifs is 10. The van der Waals surface area contributed by atoms with Gasteiger partial charge in [-0.1, -0.05) is 62.4 Å². The second kappa shape index (κ2) is 5.08. The molecule has 29 heavy (non-hydrogen) atoms. The van der Waals surface area contributed by atoms with Gasteiger partial charge in [0.15, 0.2) is 0 Å². The summed E-state index contributed by atoms with van der Waals surface area (Å²) in [4.78, 5) is 3.71. The van der Waals surface area contributed by atoms with Crippen LogP contribution in [0.1, 0.15) is 25.0 Å². The molecule has 138 valence electrons. The van der Waals surface area contributed by atoms with E-state index in [0.717, 1.165) is 0 Å². The molecule has 0 radical (unpaired) electrons. The molecule has 0 saturated heterocycles. The van der Waals surface area contributed by atoms with Crippen molar-refractivity contribution in [3.05, 3.63) is 83.9 Å². The summed E-state index contributed by atoms with van der Waals surface area (Å²) in [5.74, 6) is 0. The second-order valence-electron chi connectivity index (χ2n) is 8.70. The fourth-order valence-corrected chi connectivity index (χ4v) is 6.51. The lowest BCUT2D eigenvalue weighted by molar-refractivity contribution is 0.661. The highest BCUT2D eigenvalue weighted by Gasteiger charge is 2.35. The minimum Gasteiger partial charge on any atom is -0.354 e. The molecule has 6 aromatic rings. The molecule has 7 rings (SSSR count). The van der Waals surface area contributed by atoms with Crippen LogP contribution in [0.3, 0.4) is 0 Å². The van der Waals surface area contributed by atoms with Crippen molar-refractivity contribution in [1.29, 1.82) is 0 Å². The van der Waals surface area contributed by atoms with E-state index in [1.54, 1.807) is 0 Å². The van der Waals surface area contributed by atoms with Crippen LogP contribution in [-0.2, 0) is 5.41 Å². The molecule has 0 unspecified atom stereocenters. The summed E-state index contributed by atoms with van der Waals surface area (Å²) in [6, 6.07) is 27.0. The maximum absolute atomic E-state index is 3.71. The summed E-state index contributed by atoms with van der Waals surface area (Å²) in [5, 5.41) is 5.36. The van der Waals surface area contributed by atoms with Crippen molar-refractivity contribution in [3.63, 3.8) is 0 Å². The monoisotopic (exact) mass is 389 g/mol. The maximum atomic E-state index is 3.71. The van der Waals surface area contributed by atoms with E-state index in [2.05, 4.69) is 91.6 Å². The molecule has 2 heterocycles. The lowest BCUT2D eigenvalue weighted by Gasteiger charge is -2.21. The quantitative estimate of drug-likeness (QED) is 0.271. The highest BCUT2D eigenvalue weighted by atomic mass is 32.1. The van der Waals surface area contributed by atoms with Crippen LogP contribution in [0.15, 0.2) is 72.8 Å². The minimum atomic E-state index is 0.0305. The first-order valence-electron chi connectivity index (χ1n) is 10.1. The lowest BCUT2D eigenvalue weighted by atomic mass is 9.82. The molecule has 0 fully saturated rings. The van der Waals surface area contributed by atoms with Gasteiger partial charge >= 0.3 is 0 Å². The van der Waals surface area contributed by atoms with Crippen LogP contribution in [-0.4, -0.2) is 4.98 Å². The fourth-order valence-electron chi connectivity index (χ4n) is 5.38. The van der Waals surface area contributed by atoms with Gasteiger partial charge in [0.05, 0.1) is 5.52 Å². The molecule has 0 amide bonds. The molecular weight excluding hydrogens is 370 g/mol. The third-order valence-corrected chi connectivity index (χ3v) is 7.93. The standard InChI is InChI=1S/C27H19NS/c1-27(2)20-9-5-3-7-15(20)18-14-24-19(13-21(18)27)25-23(29-24)12-11-17-16-8-4-6-10-22(16)28-26(17)25/h3-14,28H,1-2H3. The van der Waals surface area contributed by atoms with E-state index in [4.69, 9.17) is 0 Å². The van der Waals surface area contributed by atoms with Gasteiger partial charge in [-0.05, 0) is 46.5 Å². The van der Waals surface area contributed by atoms with Crippen molar-refractivity contribution in [2.45, 2.75) is 19.3 Å². The second-order valence-corrected chi connectivity index (χ2v) is 9.78. The Bertz CT molecular complexity index is 1630. The van der Waals surface area contributed by atoms with Crippen molar-refractivity contribution >= 4 is 53.3 Å². The number of hydrogen-bond donors (Lipinski definition) is 1. The van der Waals surface area contributed by atoms with E-state index in [1.165, 1.54) is 64.2 Å². The van der Waals surface area contributed by atoms with Gasteiger partial charge in [0.2, 0.25) is 0 Å². The first-order valence-corrected chi connectivity index (χ1v) is 10.9. The van der Waals surface area contributed by atoms with E-state index in [-0.39, 0.29) is 5.41 Å². The van der Waals surface area contributed by atoms with Crippen molar-refractivity contribution in [2.24, 2.45) is 0 Å². The van der Waals surface area contributed by atoms with E-state index >= 15 is 0 Å². The highest BCUT2D eigenvalue weighted by molar-refractivity contribution is 7.26. The molecule has 0 bridgehead atoms. The van der Waals surface area contributed by atoms with Crippen LogP contribution < -0.4 is 0 Å². The topological polar surface area (TPSA) is 15.8 Å². The van der Waals surface area contributed by atoms with Crippen molar-refractivity contribution < 1.29 is 0 Å². The summed E-state index contributed by atoms with van der Waals surface area (Å²) in [6.45, 7) is 4.72. The zero-order valence-corrected chi connectivity index (χ0v) is 17.2. The molecule has 1 nitrogen and oxygen atoms in total. The molecule has 0 atom stereocenters. The van der Waals surface area contributed by atoms with Crippen LogP contribution in [0.4, 0.5) is 0 Å². The number of benzene rings is 4. The molecule has 1 N–H and O–H groups in total. The number of para-hydroxylation sites is 1. The summed E-state index contributed by atoms with van der Waals surface area (Å²) in [7, 11) is 0. The molecule has 0 aliphatic heterocycles. The Labute approximate surface area is 172 Å². The largest absolute Gasteiger partial charge is 0.354 e. The highest BCUT2D eigenvalue weighted by Crippen LogP contribution is 2.52. The zero-order chi connectivity index (χ0) is 19.3. The van der Waals surface area contributed by atoms with Crippen LogP contribution in [0, 0.1) is 0 Å². The zero-order valence-electron chi connectivity index (χ0n) is 16.3. The average Bonchev–Trinajstić information content (AvgIpc) is 3.35. The smallest absolute Gasteiger partial charge is 0.0559 e. The van der Waals surface area contributed by atoms with Gasteiger partial charge in [-0.3, -0.25) is 0 Å². The lowest BCUT2D eigenvalue weighted by Crippen LogP contribution is -2.14. The number of aromatic amines is 1. The van der Waals surface area contributed by atoms with Crippen molar-refractivity contribution in [3.8, 4) is 11.1 Å². The Morgan fingerprint density at radius 3 is 2.45 bits per heavy atom. The molecular formula is C27H19NS. The first-order chi connectivity index (χ1) is 14.1. The van der Waals surface area contributed by atoms with Gasteiger partial charge in [0.1, 0.15) is 0 Å². The predicted molar refractivity (Wildman–Crippen MR) is 126 cm³/mol. The van der Waals surface area contributed by atoms with Crippen LogP contribution in [0.25, 0.3) is 53.1 Å².